The molecule has 0 unspecified atom stereocenters. The predicted molar refractivity (Wildman–Crippen MR) is 107 cm³/mol. The molecule has 0 saturated carbocycles. The summed E-state index contributed by atoms with van der Waals surface area (Å²) >= 11 is 0. The van der Waals surface area contributed by atoms with Gasteiger partial charge >= 0.3 is 13.1 Å². The molecule has 1 aromatic carbocycles. The molecule has 1 N–H and O–H groups in total. The lowest BCUT2D eigenvalue weighted by atomic mass is 9.79. The molecule has 30 heavy (non-hydrogen) atoms. The van der Waals surface area contributed by atoms with E-state index in [1.165, 1.54) is 0 Å². The van der Waals surface area contributed by atoms with Crippen LogP contribution in [-0.4, -0.2) is 47.1 Å². The van der Waals surface area contributed by atoms with E-state index in [0.717, 1.165) is 5.46 Å². The summed E-state index contributed by atoms with van der Waals surface area (Å²) in [5.74, 6) is -2.32. The standard InChI is InChI=1S/C20H25BN2O7/c1-19(2)20(3,4)30-21(29-19)13-5-7-14(8-6-13)22-15(24)9-12-18(27)28-23-16(25)10-11-17(23)26/h5-8H,9-12H2,1-4H3,(H,22,24). The molecule has 0 aliphatic carbocycles. The Morgan fingerprint density at radius 3 is 2.07 bits per heavy atom. The van der Waals surface area contributed by atoms with Crippen LogP contribution in [0.2, 0.25) is 0 Å². The number of anilines is 1. The molecule has 1 aromatic rings. The van der Waals surface area contributed by atoms with Gasteiger partial charge in [0, 0.05) is 24.9 Å². The summed E-state index contributed by atoms with van der Waals surface area (Å²) in [6.45, 7) is 7.90. The topological polar surface area (TPSA) is 111 Å². The molecule has 2 saturated heterocycles. The largest absolute Gasteiger partial charge is 0.494 e. The molecule has 2 aliphatic heterocycles. The zero-order valence-electron chi connectivity index (χ0n) is 17.5. The van der Waals surface area contributed by atoms with Gasteiger partial charge in [0.1, 0.15) is 0 Å². The number of imide groups is 1. The molecule has 10 heteroatoms. The number of hydroxylamine groups is 2. The van der Waals surface area contributed by atoms with Crippen molar-refractivity contribution in [3.8, 4) is 0 Å². The number of carbonyl (C=O) groups is 4. The van der Waals surface area contributed by atoms with Crippen molar-refractivity contribution in [2.75, 3.05) is 5.32 Å². The van der Waals surface area contributed by atoms with Gasteiger partial charge in [-0.3, -0.25) is 14.4 Å². The molecule has 3 amide bonds. The average Bonchev–Trinajstić information content (AvgIpc) is 3.09. The first-order chi connectivity index (χ1) is 14.0. The Labute approximate surface area is 175 Å². The van der Waals surface area contributed by atoms with Crippen LogP contribution in [0.25, 0.3) is 0 Å². The lowest BCUT2D eigenvalue weighted by molar-refractivity contribution is -0.197. The minimum absolute atomic E-state index is 0.0223. The van der Waals surface area contributed by atoms with E-state index in [-0.39, 0.29) is 25.7 Å². The summed E-state index contributed by atoms with van der Waals surface area (Å²) in [5, 5.41) is 3.15. The first-order valence-electron chi connectivity index (χ1n) is 9.80. The molecule has 0 atom stereocenters. The average molecular weight is 416 g/mol. The van der Waals surface area contributed by atoms with Crippen molar-refractivity contribution >= 4 is 42.0 Å². The Kier molecular flexibility index (Phi) is 6.00. The molecule has 0 radical (unpaired) electrons. The van der Waals surface area contributed by atoms with Crippen LogP contribution in [0.5, 0.6) is 0 Å². The first-order valence-corrected chi connectivity index (χ1v) is 9.80. The molecule has 0 aromatic heterocycles. The Hall–Kier alpha value is -2.72. The zero-order valence-corrected chi connectivity index (χ0v) is 17.5. The van der Waals surface area contributed by atoms with Crippen LogP contribution in [0, 0.1) is 0 Å². The highest BCUT2D eigenvalue weighted by atomic mass is 16.7. The van der Waals surface area contributed by atoms with Gasteiger partial charge in [0.2, 0.25) is 5.91 Å². The number of nitrogens with zero attached hydrogens (tertiary/aromatic N) is 1. The molecule has 2 heterocycles. The summed E-state index contributed by atoms with van der Waals surface area (Å²) in [4.78, 5) is 51.4. The summed E-state index contributed by atoms with van der Waals surface area (Å²) in [6, 6.07) is 7.05. The molecule has 160 valence electrons. The lowest BCUT2D eigenvalue weighted by Gasteiger charge is -2.32. The molecule has 9 nitrogen and oxygen atoms in total. The van der Waals surface area contributed by atoms with Crippen LogP contribution in [-0.2, 0) is 33.3 Å². The van der Waals surface area contributed by atoms with Crippen molar-refractivity contribution < 1.29 is 33.3 Å². The highest BCUT2D eigenvalue weighted by Crippen LogP contribution is 2.36. The highest BCUT2D eigenvalue weighted by Gasteiger charge is 2.51. The Morgan fingerprint density at radius 2 is 1.53 bits per heavy atom. The summed E-state index contributed by atoms with van der Waals surface area (Å²) in [7, 11) is -0.495. The third kappa shape index (κ3) is 4.71. The molecule has 0 spiro atoms. The van der Waals surface area contributed by atoms with Crippen molar-refractivity contribution in [2.45, 2.75) is 64.6 Å². The number of carbonyl (C=O) groups excluding carboxylic acids is 4. The molecule has 0 bridgehead atoms. The van der Waals surface area contributed by atoms with E-state index < -0.39 is 42.0 Å². The van der Waals surface area contributed by atoms with Crippen molar-refractivity contribution in [2.24, 2.45) is 0 Å². The molecule has 3 rings (SSSR count). The van der Waals surface area contributed by atoms with E-state index in [1.54, 1.807) is 24.3 Å². The van der Waals surface area contributed by atoms with E-state index >= 15 is 0 Å². The fourth-order valence-electron chi connectivity index (χ4n) is 2.95. The number of benzene rings is 1. The van der Waals surface area contributed by atoms with Crippen LogP contribution in [0.15, 0.2) is 24.3 Å². The maximum Gasteiger partial charge on any atom is 0.494 e. The summed E-state index contributed by atoms with van der Waals surface area (Å²) < 4.78 is 12.0. The fourth-order valence-corrected chi connectivity index (χ4v) is 2.95. The van der Waals surface area contributed by atoms with Crippen molar-refractivity contribution in [3.05, 3.63) is 24.3 Å². The van der Waals surface area contributed by atoms with Gasteiger partial charge in [-0.1, -0.05) is 12.1 Å². The SMILES string of the molecule is CC1(C)OB(c2ccc(NC(=O)CCC(=O)ON3C(=O)CCC3=O)cc2)OC1(C)C. The second kappa shape index (κ2) is 8.19. The maximum atomic E-state index is 12.1. The van der Waals surface area contributed by atoms with Crippen LogP contribution in [0.3, 0.4) is 0 Å². The highest BCUT2D eigenvalue weighted by molar-refractivity contribution is 6.62. The smallest absolute Gasteiger partial charge is 0.399 e. The second-order valence-electron chi connectivity index (χ2n) is 8.30. The third-order valence-electron chi connectivity index (χ3n) is 5.47. The van der Waals surface area contributed by atoms with E-state index in [2.05, 4.69) is 5.32 Å². The zero-order chi connectivity index (χ0) is 22.1. The lowest BCUT2D eigenvalue weighted by Crippen LogP contribution is -2.41. The molecule has 2 fully saturated rings. The van der Waals surface area contributed by atoms with Gasteiger partial charge in [-0.25, -0.2) is 4.79 Å². The van der Waals surface area contributed by atoms with Gasteiger partial charge < -0.3 is 19.5 Å². The predicted octanol–water partition coefficient (Wildman–Crippen LogP) is 1.31. The number of hydrogen-bond donors (Lipinski definition) is 1. The first kappa shape index (κ1) is 22.0. The monoisotopic (exact) mass is 416 g/mol. The van der Waals surface area contributed by atoms with Crippen LogP contribution in [0.4, 0.5) is 5.69 Å². The quantitative estimate of drug-likeness (QED) is 0.550. The van der Waals surface area contributed by atoms with Crippen molar-refractivity contribution in [1.82, 2.24) is 5.06 Å². The number of amides is 3. The molecular weight excluding hydrogens is 391 g/mol. The molecular formula is C20H25BN2O7. The Morgan fingerprint density at radius 1 is 1.00 bits per heavy atom. The van der Waals surface area contributed by atoms with Crippen LogP contribution < -0.4 is 10.8 Å². The second-order valence-corrected chi connectivity index (χ2v) is 8.30. The minimum Gasteiger partial charge on any atom is -0.399 e. The summed E-state index contributed by atoms with van der Waals surface area (Å²) in [5.41, 5.74) is 0.501. The summed E-state index contributed by atoms with van der Waals surface area (Å²) in [6.07, 6.45) is -0.355. The van der Waals surface area contributed by atoms with Crippen LogP contribution in [0.1, 0.15) is 53.4 Å². The van der Waals surface area contributed by atoms with Gasteiger partial charge in [0.05, 0.1) is 17.6 Å². The van der Waals surface area contributed by atoms with Gasteiger partial charge in [-0.05, 0) is 45.3 Å². The van der Waals surface area contributed by atoms with E-state index in [0.29, 0.717) is 10.8 Å². The Bertz CT molecular complexity index is 834. The van der Waals surface area contributed by atoms with E-state index in [1.807, 2.05) is 27.7 Å². The van der Waals surface area contributed by atoms with Gasteiger partial charge in [0.25, 0.3) is 11.8 Å². The van der Waals surface area contributed by atoms with Crippen molar-refractivity contribution in [1.29, 1.82) is 0 Å². The maximum absolute atomic E-state index is 12.1. The van der Waals surface area contributed by atoms with Gasteiger partial charge in [-0.15, -0.1) is 5.06 Å². The number of hydrogen-bond acceptors (Lipinski definition) is 7. The number of nitrogens with one attached hydrogen (secondary N) is 1. The van der Waals surface area contributed by atoms with E-state index in [9.17, 15) is 19.2 Å². The van der Waals surface area contributed by atoms with Crippen LogP contribution >= 0.6 is 0 Å². The third-order valence-corrected chi connectivity index (χ3v) is 5.47. The number of rotatable bonds is 6. The fraction of sp³-hybridized carbons (Fsp3) is 0.500. The minimum atomic E-state index is -0.815. The van der Waals surface area contributed by atoms with Crippen molar-refractivity contribution in [3.63, 3.8) is 0 Å². The molecule has 2 aliphatic rings. The van der Waals surface area contributed by atoms with Gasteiger partial charge in [0.15, 0.2) is 0 Å². The normalized spacial score (nSPS) is 19.9. The van der Waals surface area contributed by atoms with E-state index in [4.69, 9.17) is 14.1 Å². The Balaban J connectivity index is 1.47. The van der Waals surface area contributed by atoms with Gasteiger partial charge in [-0.2, -0.15) is 0 Å².